The second-order valence-electron chi connectivity index (χ2n) is 6.60. The van der Waals surface area contributed by atoms with Crippen LogP contribution in [0.1, 0.15) is 16.7 Å². The highest BCUT2D eigenvalue weighted by molar-refractivity contribution is 7.21. The quantitative estimate of drug-likeness (QED) is 0.367. The molecule has 10 heteroatoms. The second kappa shape index (κ2) is 7.52. The van der Waals surface area contributed by atoms with Crippen LogP contribution in [0.4, 0.5) is 39.9 Å². The van der Waals surface area contributed by atoms with E-state index in [-0.39, 0.29) is 11.5 Å². The summed E-state index contributed by atoms with van der Waals surface area (Å²) in [6.45, 7) is 3.96. The molecule has 0 atom stereocenters. The number of fused-ring (bicyclic) bond motifs is 1. The van der Waals surface area contributed by atoms with Gasteiger partial charge < -0.3 is 10.6 Å². The number of anilines is 4. The van der Waals surface area contributed by atoms with Gasteiger partial charge in [0.25, 0.3) is 0 Å². The number of benzene rings is 2. The van der Waals surface area contributed by atoms with E-state index in [2.05, 4.69) is 25.6 Å². The molecule has 0 aliphatic heterocycles. The van der Waals surface area contributed by atoms with E-state index in [0.29, 0.717) is 21.5 Å². The van der Waals surface area contributed by atoms with Crippen molar-refractivity contribution in [3.63, 3.8) is 0 Å². The second-order valence-corrected chi connectivity index (χ2v) is 7.58. The maximum atomic E-state index is 13.9. The Kier molecular flexibility index (Phi) is 5.02. The zero-order valence-corrected chi connectivity index (χ0v) is 16.6. The molecule has 0 amide bonds. The minimum absolute atomic E-state index is 0.123. The van der Waals surface area contributed by atoms with E-state index >= 15 is 0 Å². The molecule has 2 N–H and O–H groups in total. The van der Waals surface area contributed by atoms with Gasteiger partial charge in [0.1, 0.15) is 17.7 Å². The van der Waals surface area contributed by atoms with Gasteiger partial charge in [-0.05, 0) is 43.2 Å². The van der Waals surface area contributed by atoms with Crippen molar-refractivity contribution in [3.05, 3.63) is 65.2 Å². The van der Waals surface area contributed by atoms with Crippen molar-refractivity contribution in [3.8, 4) is 0 Å². The summed E-state index contributed by atoms with van der Waals surface area (Å²) < 4.78 is 52.1. The number of aryl methyl sites for hydroxylation is 2. The van der Waals surface area contributed by atoms with E-state index < -0.39 is 17.6 Å². The van der Waals surface area contributed by atoms with E-state index in [1.807, 2.05) is 32.0 Å². The highest BCUT2D eigenvalue weighted by atomic mass is 32.1. The molecule has 154 valence electrons. The Morgan fingerprint density at radius 2 is 1.70 bits per heavy atom. The number of nitrogens with one attached hydrogen (secondary N) is 2. The van der Waals surface area contributed by atoms with Gasteiger partial charge in [0.15, 0.2) is 15.8 Å². The lowest BCUT2D eigenvalue weighted by Crippen LogP contribution is -2.08. The summed E-state index contributed by atoms with van der Waals surface area (Å²) in [6, 6.07) is 8.53. The van der Waals surface area contributed by atoms with Crippen LogP contribution >= 0.6 is 11.3 Å². The average molecular weight is 433 g/mol. The lowest BCUT2D eigenvalue weighted by molar-refractivity contribution is -0.139. The molecule has 0 spiro atoms. The number of hydrogen-bond donors (Lipinski definition) is 2. The molecular weight excluding hydrogens is 418 g/mol. The van der Waals surface area contributed by atoms with Crippen molar-refractivity contribution in [1.29, 1.82) is 0 Å². The summed E-state index contributed by atoms with van der Waals surface area (Å²) in [7, 11) is 0. The van der Waals surface area contributed by atoms with Crippen LogP contribution in [-0.4, -0.2) is 15.0 Å². The molecule has 0 aliphatic carbocycles. The van der Waals surface area contributed by atoms with E-state index in [0.717, 1.165) is 28.9 Å². The van der Waals surface area contributed by atoms with Crippen molar-refractivity contribution in [2.45, 2.75) is 20.0 Å². The molecule has 0 fully saturated rings. The van der Waals surface area contributed by atoms with Crippen molar-refractivity contribution in [2.75, 3.05) is 10.6 Å². The predicted molar refractivity (Wildman–Crippen MR) is 109 cm³/mol. The molecule has 30 heavy (non-hydrogen) atoms. The van der Waals surface area contributed by atoms with Crippen molar-refractivity contribution < 1.29 is 17.6 Å². The predicted octanol–water partition coefficient (Wildman–Crippen LogP) is 6.35. The Hall–Kier alpha value is -3.27. The van der Waals surface area contributed by atoms with Crippen LogP contribution in [0.5, 0.6) is 0 Å². The third kappa shape index (κ3) is 3.90. The van der Waals surface area contributed by atoms with E-state index in [1.165, 1.54) is 17.7 Å². The van der Waals surface area contributed by atoms with Crippen molar-refractivity contribution >= 4 is 44.0 Å². The summed E-state index contributed by atoms with van der Waals surface area (Å²) >= 11 is 1.31. The number of halogens is 4. The zero-order chi connectivity index (χ0) is 21.5. The summed E-state index contributed by atoms with van der Waals surface area (Å²) in [4.78, 5) is 13.4. The standard InChI is InChI=1S/C20H15F4N5S/c1-10-4-3-5-11(2)15(10)28-19-29-16-17(25-9-26-18(16)30-19)27-12-6-7-13(14(21)8-12)20(22,23)24/h3-9H,1-2H3,(H,28,29)(H,25,26,27). The number of aromatic nitrogens is 3. The molecule has 0 saturated carbocycles. The number of nitrogens with zero attached hydrogens (tertiary/aromatic N) is 3. The number of hydrogen-bond acceptors (Lipinski definition) is 6. The van der Waals surface area contributed by atoms with Gasteiger partial charge in [-0.1, -0.05) is 29.5 Å². The van der Waals surface area contributed by atoms with Crippen LogP contribution in [-0.2, 0) is 6.18 Å². The van der Waals surface area contributed by atoms with Crippen LogP contribution in [0.15, 0.2) is 42.7 Å². The number of rotatable bonds is 4. The fraction of sp³-hybridized carbons (Fsp3) is 0.150. The molecule has 5 nitrogen and oxygen atoms in total. The molecule has 2 aromatic carbocycles. The van der Waals surface area contributed by atoms with Gasteiger partial charge in [-0.2, -0.15) is 13.2 Å². The van der Waals surface area contributed by atoms with Crippen LogP contribution < -0.4 is 10.6 Å². The Bertz CT molecular complexity index is 1220. The Labute approximate surface area is 172 Å². The maximum Gasteiger partial charge on any atom is 0.419 e. The van der Waals surface area contributed by atoms with E-state index in [9.17, 15) is 17.6 Å². The lowest BCUT2D eigenvalue weighted by Gasteiger charge is -2.10. The van der Waals surface area contributed by atoms with Crippen molar-refractivity contribution in [1.82, 2.24) is 15.0 Å². The topological polar surface area (TPSA) is 62.7 Å². The molecular formula is C20H15F4N5S. The molecule has 0 unspecified atom stereocenters. The summed E-state index contributed by atoms with van der Waals surface area (Å²) in [5.41, 5.74) is 2.27. The molecule has 0 bridgehead atoms. The fourth-order valence-electron chi connectivity index (χ4n) is 2.98. The van der Waals surface area contributed by atoms with Gasteiger partial charge >= 0.3 is 6.18 Å². The molecule has 0 saturated heterocycles. The van der Waals surface area contributed by atoms with Gasteiger partial charge in [0.2, 0.25) is 0 Å². The minimum atomic E-state index is -4.76. The minimum Gasteiger partial charge on any atom is -0.338 e. The highest BCUT2D eigenvalue weighted by Crippen LogP contribution is 2.35. The average Bonchev–Trinajstić information content (AvgIpc) is 3.08. The van der Waals surface area contributed by atoms with Gasteiger partial charge in [0.05, 0.1) is 5.56 Å². The fourth-order valence-corrected chi connectivity index (χ4v) is 3.79. The largest absolute Gasteiger partial charge is 0.419 e. The first-order valence-electron chi connectivity index (χ1n) is 8.81. The molecule has 4 rings (SSSR count). The van der Waals surface area contributed by atoms with Crippen LogP contribution in [0.25, 0.3) is 10.3 Å². The Balaban J connectivity index is 1.65. The molecule has 2 heterocycles. The van der Waals surface area contributed by atoms with Gasteiger partial charge in [-0.25, -0.2) is 19.3 Å². The smallest absolute Gasteiger partial charge is 0.338 e. The van der Waals surface area contributed by atoms with E-state index in [4.69, 9.17) is 0 Å². The highest BCUT2D eigenvalue weighted by Gasteiger charge is 2.34. The third-order valence-corrected chi connectivity index (χ3v) is 5.32. The normalized spacial score (nSPS) is 11.7. The molecule has 0 radical (unpaired) electrons. The first-order chi connectivity index (χ1) is 14.2. The first-order valence-corrected chi connectivity index (χ1v) is 9.62. The lowest BCUT2D eigenvalue weighted by atomic mass is 10.1. The Morgan fingerprint density at radius 1 is 0.967 bits per heavy atom. The van der Waals surface area contributed by atoms with Crippen LogP contribution in [0.2, 0.25) is 0 Å². The van der Waals surface area contributed by atoms with Crippen LogP contribution in [0, 0.1) is 19.7 Å². The van der Waals surface area contributed by atoms with Gasteiger partial charge in [-0.3, -0.25) is 0 Å². The number of thiazole rings is 1. The summed E-state index contributed by atoms with van der Waals surface area (Å²) in [6.07, 6.45) is -3.44. The molecule has 4 aromatic rings. The zero-order valence-electron chi connectivity index (χ0n) is 15.8. The summed E-state index contributed by atoms with van der Waals surface area (Å²) in [5, 5.41) is 6.69. The maximum absolute atomic E-state index is 13.9. The Morgan fingerprint density at radius 3 is 2.37 bits per heavy atom. The van der Waals surface area contributed by atoms with Gasteiger partial charge in [0, 0.05) is 11.4 Å². The first kappa shape index (κ1) is 20.0. The van der Waals surface area contributed by atoms with E-state index in [1.54, 1.807) is 0 Å². The van der Waals surface area contributed by atoms with Crippen LogP contribution in [0.3, 0.4) is 0 Å². The van der Waals surface area contributed by atoms with Crippen molar-refractivity contribution in [2.24, 2.45) is 0 Å². The molecule has 0 aliphatic rings. The third-order valence-electron chi connectivity index (χ3n) is 4.45. The summed E-state index contributed by atoms with van der Waals surface area (Å²) in [5.74, 6) is -1.10. The number of para-hydroxylation sites is 1. The molecule has 2 aromatic heterocycles. The SMILES string of the molecule is Cc1cccc(C)c1Nc1nc2c(Nc3ccc(C(F)(F)F)c(F)c3)ncnc2s1. The number of alkyl halides is 3. The van der Waals surface area contributed by atoms with Gasteiger partial charge in [-0.15, -0.1) is 0 Å². The monoisotopic (exact) mass is 433 g/mol.